The van der Waals surface area contributed by atoms with Crippen LogP contribution in [-0.4, -0.2) is 29.5 Å². The lowest BCUT2D eigenvalue weighted by molar-refractivity contribution is 0.102. The minimum Gasteiger partial charge on any atom is -0.481 e. The van der Waals surface area contributed by atoms with Crippen LogP contribution >= 0.6 is 0 Å². The van der Waals surface area contributed by atoms with Gasteiger partial charge in [-0.2, -0.15) is 0 Å². The molecule has 1 amide bonds. The number of anilines is 2. The number of nitrogens with one attached hydrogen (secondary N) is 2. The van der Waals surface area contributed by atoms with E-state index in [9.17, 15) is 9.18 Å². The number of halogens is 1. The van der Waals surface area contributed by atoms with Gasteiger partial charge in [-0.05, 0) is 19.1 Å². The van der Waals surface area contributed by atoms with Crippen molar-refractivity contribution in [3.8, 4) is 5.88 Å². The number of amides is 1. The van der Waals surface area contributed by atoms with Crippen LogP contribution in [0.1, 0.15) is 17.3 Å². The number of nitrogens with zero attached hydrogens (tertiary/aromatic N) is 2. The Morgan fingerprint density at radius 3 is 2.76 bits per heavy atom. The minimum atomic E-state index is -0.682. The molecule has 2 aromatic rings. The van der Waals surface area contributed by atoms with Crippen LogP contribution in [0, 0.1) is 5.82 Å². The lowest BCUT2D eigenvalue weighted by atomic mass is 10.2. The van der Waals surface area contributed by atoms with Crippen molar-refractivity contribution in [2.45, 2.75) is 6.92 Å². The van der Waals surface area contributed by atoms with Crippen LogP contribution in [0.5, 0.6) is 5.88 Å². The molecule has 0 atom stereocenters. The minimum absolute atomic E-state index is 0.0537. The third-order valence-corrected chi connectivity index (χ3v) is 2.68. The molecule has 0 saturated carbocycles. The Kier molecular flexibility index (Phi) is 4.65. The molecule has 2 rings (SSSR count). The highest BCUT2D eigenvalue weighted by Crippen LogP contribution is 2.17. The molecule has 2 aromatic heterocycles. The molecular formula is C14H15FN4O2. The first-order chi connectivity index (χ1) is 10.2. The number of hydrogen-bond donors (Lipinski definition) is 2. The molecular weight excluding hydrogens is 275 g/mol. The number of rotatable bonds is 5. The number of carbonyl (C=O) groups is 1. The van der Waals surface area contributed by atoms with Gasteiger partial charge in [0.05, 0.1) is 24.6 Å². The third kappa shape index (κ3) is 3.44. The second kappa shape index (κ2) is 6.65. The molecule has 0 radical (unpaired) electrons. The SMILES string of the molecule is CCNc1nccc(C(=O)Nc2ccc(OC)nc2)c1F. The highest BCUT2D eigenvalue weighted by atomic mass is 19.1. The van der Waals surface area contributed by atoms with Crippen molar-refractivity contribution in [1.82, 2.24) is 9.97 Å². The van der Waals surface area contributed by atoms with Crippen LogP contribution < -0.4 is 15.4 Å². The Bertz CT molecular complexity index is 631. The summed E-state index contributed by atoms with van der Waals surface area (Å²) in [5.41, 5.74) is 0.360. The van der Waals surface area contributed by atoms with E-state index in [-0.39, 0.29) is 11.4 Å². The number of ether oxygens (including phenoxy) is 1. The number of carbonyl (C=O) groups excluding carboxylic acids is 1. The zero-order valence-corrected chi connectivity index (χ0v) is 11.7. The molecule has 0 aliphatic rings. The quantitative estimate of drug-likeness (QED) is 0.883. The molecule has 0 bridgehead atoms. The molecule has 6 nitrogen and oxygen atoms in total. The number of hydrogen-bond acceptors (Lipinski definition) is 5. The van der Waals surface area contributed by atoms with Crippen LogP contribution in [0.4, 0.5) is 15.9 Å². The molecule has 7 heteroatoms. The predicted octanol–water partition coefficient (Wildman–Crippen LogP) is 2.31. The van der Waals surface area contributed by atoms with E-state index in [2.05, 4.69) is 20.6 Å². The van der Waals surface area contributed by atoms with E-state index in [0.717, 1.165) is 0 Å². The van der Waals surface area contributed by atoms with E-state index in [1.54, 1.807) is 12.1 Å². The highest BCUT2D eigenvalue weighted by Gasteiger charge is 2.16. The molecule has 2 N–H and O–H groups in total. The van der Waals surface area contributed by atoms with Gasteiger partial charge in [0.1, 0.15) is 0 Å². The summed E-state index contributed by atoms with van der Waals surface area (Å²) in [6.45, 7) is 2.33. The summed E-state index contributed by atoms with van der Waals surface area (Å²) in [4.78, 5) is 19.9. The van der Waals surface area contributed by atoms with Gasteiger partial charge in [-0.25, -0.2) is 14.4 Å². The standard InChI is InChI=1S/C14H15FN4O2/c1-3-16-13-12(15)10(6-7-17-13)14(20)19-9-4-5-11(21-2)18-8-9/h4-8H,3H2,1-2H3,(H,16,17)(H,19,20). The average molecular weight is 290 g/mol. The second-order valence-electron chi connectivity index (χ2n) is 4.09. The third-order valence-electron chi connectivity index (χ3n) is 2.68. The van der Waals surface area contributed by atoms with Gasteiger partial charge in [-0.15, -0.1) is 0 Å². The summed E-state index contributed by atoms with van der Waals surface area (Å²) in [6.07, 6.45) is 2.81. The first-order valence-electron chi connectivity index (χ1n) is 6.35. The Morgan fingerprint density at radius 2 is 2.14 bits per heavy atom. The van der Waals surface area contributed by atoms with Gasteiger partial charge < -0.3 is 15.4 Å². The first-order valence-corrected chi connectivity index (χ1v) is 6.35. The Hall–Kier alpha value is -2.70. The molecule has 0 aliphatic carbocycles. The number of pyridine rings is 2. The number of methoxy groups -OCH3 is 1. The molecule has 0 aromatic carbocycles. The predicted molar refractivity (Wildman–Crippen MR) is 77.1 cm³/mol. The largest absolute Gasteiger partial charge is 0.481 e. The van der Waals surface area contributed by atoms with E-state index in [0.29, 0.717) is 18.1 Å². The van der Waals surface area contributed by atoms with Crippen molar-refractivity contribution >= 4 is 17.4 Å². The van der Waals surface area contributed by atoms with Crippen molar-refractivity contribution < 1.29 is 13.9 Å². The fourth-order valence-electron chi connectivity index (χ4n) is 1.68. The molecule has 21 heavy (non-hydrogen) atoms. The molecule has 0 saturated heterocycles. The normalized spacial score (nSPS) is 10.0. The van der Waals surface area contributed by atoms with Gasteiger partial charge in [0.15, 0.2) is 11.6 Å². The van der Waals surface area contributed by atoms with E-state index < -0.39 is 11.7 Å². The summed E-state index contributed by atoms with van der Waals surface area (Å²) < 4.78 is 19.0. The lowest BCUT2D eigenvalue weighted by Crippen LogP contribution is -2.15. The van der Waals surface area contributed by atoms with E-state index in [4.69, 9.17) is 4.74 Å². The van der Waals surface area contributed by atoms with E-state index in [1.807, 2.05) is 6.92 Å². The van der Waals surface area contributed by atoms with Crippen molar-refractivity contribution in [2.24, 2.45) is 0 Å². The van der Waals surface area contributed by atoms with Gasteiger partial charge in [0, 0.05) is 18.8 Å². The molecule has 2 heterocycles. The summed E-state index contributed by atoms with van der Waals surface area (Å²) in [7, 11) is 1.50. The molecule has 110 valence electrons. The Morgan fingerprint density at radius 1 is 1.33 bits per heavy atom. The maximum atomic E-state index is 14.1. The molecule has 0 aliphatic heterocycles. The average Bonchev–Trinajstić information content (AvgIpc) is 2.50. The Labute approximate surface area is 121 Å². The van der Waals surface area contributed by atoms with Crippen molar-refractivity contribution in [2.75, 3.05) is 24.3 Å². The van der Waals surface area contributed by atoms with Crippen molar-refractivity contribution in [3.63, 3.8) is 0 Å². The smallest absolute Gasteiger partial charge is 0.258 e. The monoisotopic (exact) mass is 290 g/mol. The maximum Gasteiger partial charge on any atom is 0.258 e. The number of aromatic nitrogens is 2. The summed E-state index contributed by atoms with van der Waals surface area (Å²) >= 11 is 0. The summed E-state index contributed by atoms with van der Waals surface area (Å²) in [5.74, 6) is -0.769. The highest BCUT2D eigenvalue weighted by molar-refractivity contribution is 6.04. The fourth-order valence-corrected chi connectivity index (χ4v) is 1.68. The van der Waals surface area contributed by atoms with Crippen molar-refractivity contribution in [1.29, 1.82) is 0 Å². The summed E-state index contributed by atoms with van der Waals surface area (Å²) in [6, 6.07) is 4.54. The summed E-state index contributed by atoms with van der Waals surface area (Å²) in [5, 5.41) is 5.32. The topological polar surface area (TPSA) is 76.1 Å². The molecule has 0 fully saturated rings. The van der Waals surface area contributed by atoms with E-state index in [1.165, 1.54) is 25.6 Å². The van der Waals surface area contributed by atoms with Crippen LogP contribution in [-0.2, 0) is 0 Å². The zero-order valence-electron chi connectivity index (χ0n) is 11.7. The maximum absolute atomic E-state index is 14.1. The van der Waals surface area contributed by atoms with Crippen LogP contribution in [0.15, 0.2) is 30.6 Å². The zero-order chi connectivity index (χ0) is 15.2. The lowest BCUT2D eigenvalue weighted by Gasteiger charge is -2.09. The van der Waals surface area contributed by atoms with E-state index >= 15 is 0 Å². The van der Waals surface area contributed by atoms with Gasteiger partial charge >= 0.3 is 0 Å². The molecule has 0 spiro atoms. The van der Waals surface area contributed by atoms with Crippen molar-refractivity contribution in [3.05, 3.63) is 42.0 Å². The van der Waals surface area contributed by atoms with Gasteiger partial charge in [-0.1, -0.05) is 0 Å². The fraction of sp³-hybridized carbons (Fsp3) is 0.214. The Balaban J connectivity index is 2.17. The second-order valence-corrected chi connectivity index (χ2v) is 4.09. The van der Waals surface area contributed by atoms with Gasteiger partial charge in [-0.3, -0.25) is 4.79 Å². The van der Waals surface area contributed by atoms with Crippen LogP contribution in [0.2, 0.25) is 0 Å². The molecule has 0 unspecified atom stereocenters. The first kappa shape index (κ1) is 14.7. The van der Waals surface area contributed by atoms with Gasteiger partial charge in [0.25, 0.3) is 5.91 Å². The van der Waals surface area contributed by atoms with Gasteiger partial charge in [0.2, 0.25) is 5.88 Å². The van der Waals surface area contributed by atoms with Crippen LogP contribution in [0.25, 0.3) is 0 Å². The van der Waals surface area contributed by atoms with Crippen LogP contribution in [0.3, 0.4) is 0 Å².